The van der Waals surface area contributed by atoms with Crippen LogP contribution in [0.5, 0.6) is 0 Å². The van der Waals surface area contributed by atoms with Crippen molar-refractivity contribution < 1.29 is 14.3 Å². The molecule has 0 radical (unpaired) electrons. The third-order valence-electron chi connectivity index (χ3n) is 3.58. The predicted octanol–water partition coefficient (Wildman–Crippen LogP) is 0.853. The highest BCUT2D eigenvalue weighted by Crippen LogP contribution is 2.45. The predicted molar refractivity (Wildman–Crippen MR) is 63.3 cm³/mol. The Morgan fingerprint density at radius 3 is 3.06 bits per heavy atom. The van der Waals surface area contributed by atoms with Crippen LogP contribution in [-0.4, -0.2) is 36.9 Å². The van der Waals surface area contributed by atoms with Gasteiger partial charge in [-0.05, 0) is 39.0 Å². The van der Waals surface area contributed by atoms with Crippen LogP contribution in [0.25, 0.3) is 0 Å². The lowest BCUT2D eigenvalue weighted by atomic mass is 9.70. The summed E-state index contributed by atoms with van der Waals surface area (Å²) in [5.41, 5.74) is -0.291. The molecule has 4 nitrogen and oxygen atoms in total. The molecule has 17 heavy (non-hydrogen) atoms. The summed E-state index contributed by atoms with van der Waals surface area (Å²) in [5, 5.41) is 2.92. The number of ether oxygens (including phenoxy) is 2. The zero-order valence-corrected chi connectivity index (χ0v) is 10.4. The third kappa shape index (κ3) is 2.18. The van der Waals surface area contributed by atoms with Crippen LogP contribution < -0.4 is 5.32 Å². The number of rotatable bonds is 3. The van der Waals surface area contributed by atoms with E-state index in [1.54, 1.807) is 6.92 Å². The first-order valence-corrected chi connectivity index (χ1v) is 6.21. The first-order chi connectivity index (χ1) is 8.23. The van der Waals surface area contributed by atoms with Gasteiger partial charge in [-0.15, -0.1) is 0 Å². The molecule has 2 aliphatic rings. The van der Waals surface area contributed by atoms with Gasteiger partial charge in [0.15, 0.2) is 0 Å². The second-order valence-electron chi connectivity index (χ2n) is 4.49. The molecule has 1 saturated carbocycles. The van der Waals surface area contributed by atoms with Crippen LogP contribution in [0.1, 0.15) is 33.1 Å². The quantitative estimate of drug-likeness (QED) is 0.740. The Labute approximate surface area is 102 Å². The minimum atomic E-state index is -0.291. The monoisotopic (exact) mass is 237 g/mol. The fourth-order valence-corrected chi connectivity index (χ4v) is 2.79. The summed E-state index contributed by atoms with van der Waals surface area (Å²) in [6.07, 6.45) is 2.94. The van der Waals surface area contributed by atoms with Gasteiger partial charge in [-0.2, -0.15) is 0 Å². The van der Waals surface area contributed by atoms with Crippen molar-refractivity contribution in [2.75, 3.05) is 13.2 Å². The zero-order valence-electron chi connectivity index (χ0n) is 10.4. The molecule has 3 atom stereocenters. The molecule has 2 rings (SSSR count). The zero-order chi connectivity index (χ0) is 12.3. The van der Waals surface area contributed by atoms with Crippen LogP contribution in [0, 0.1) is 11.8 Å². The number of hydrogen-bond donors (Lipinski definition) is 1. The number of carbonyl (C=O) groups is 1. The van der Waals surface area contributed by atoms with Gasteiger partial charge in [0.2, 0.25) is 0 Å². The second-order valence-corrected chi connectivity index (χ2v) is 4.49. The standard InChI is InChI=1S/C13H19NO3/c1-3-6-12(15)14-10-9-11(16-4-2)13(10)7-5-8-17-13/h10-11H,4-5,7-9H2,1-2H3,(H,14,15). The van der Waals surface area contributed by atoms with Crippen molar-refractivity contribution in [2.24, 2.45) is 0 Å². The van der Waals surface area contributed by atoms with E-state index in [1.165, 1.54) is 0 Å². The molecule has 0 bridgehead atoms. The Morgan fingerprint density at radius 1 is 1.65 bits per heavy atom. The van der Waals surface area contributed by atoms with Crippen molar-refractivity contribution in [3.63, 3.8) is 0 Å². The molecule has 94 valence electrons. The van der Waals surface area contributed by atoms with Crippen molar-refractivity contribution in [2.45, 2.75) is 50.9 Å². The number of hydrogen-bond acceptors (Lipinski definition) is 3. The van der Waals surface area contributed by atoms with Gasteiger partial charge in [0.1, 0.15) is 5.60 Å². The lowest BCUT2D eigenvalue weighted by Crippen LogP contribution is -2.69. The molecule has 1 aliphatic heterocycles. The highest BCUT2D eigenvalue weighted by atomic mass is 16.6. The van der Waals surface area contributed by atoms with Gasteiger partial charge in [-0.1, -0.05) is 5.92 Å². The minimum Gasteiger partial charge on any atom is -0.375 e. The molecule has 3 unspecified atom stereocenters. The number of carbonyl (C=O) groups excluding carboxylic acids is 1. The second kappa shape index (κ2) is 5.07. The lowest BCUT2D eigenvalue weighted by molar-refractivity contribution is -0.197. The Bertz CT molecular complexity index is 349. The highest BCUT2D eigenvalue weighted by molar-refractivity contribution is 5.93. The maximum atomic E-state index is 11.5. The summed E-state index contributed by atoms with van der Waals surface area (Å²) in [6, 6.07) is 0.0508. The van der Waals surface area contributed by atoms with Crippen LogP contribution >= 0.6 is 0 Å². The van der Waals surface area contributed by atoms with E-state index in [-0.39, 0.29) is 23.7 Å². The van der Waals surface area contributed by atoms with Crippen molar-refractivity contribution >= 4 is 5.91 Å². The van der Waals surface area contributed by atoms with Gasteiger partial charge in [-0.3, -0.25) is 4.79 Å². The maximum Gasteiger partial charge on any atom is 0.296 e. The molecule has 0 aromatic carbocycles. The van der Waals surface area contributed by atoms with E-state index >= 15 is 0 Å². The van der Waals surface area contributed by atoms with Crippen LogP contribution in [0.15, 0.2) is 0 Å². The van der Waals surface area contributed by atoms with Gasteiger partial charge < -0.3 is 14.8 Å². The van der Waals surface area contributed by atoms with Crippen molar-refractivity contribution in [3.8, 4) is 11.8 Å². The molecule has 1 spiro atoms. The summed E-state index contributed by atoms with van der Waals surface area (Å²) in [7, 11) is 0. The normalized spacial score (nSPS) is 34.9. The molecule has 1 heterocycles. The van der Waals surface area contributed by atoms with E-state index in [4.69, 9.17) is 9.47 Å². The molecule has 1 saturated heterocycles. The van der Waals surface area contributed by atoms with E-state index in [9.17, 15) is 4.79 Å². The van der Waals surface area contributed by atoms with E-state index in [0.29, 0.717) is 6.61 Å². The smallest absolute Gasteiger partial charge is 0.296 e. The average molecular weight is 237 g/mol. The summed E-state index contributed by atoms with van der Waals surface area (Å²) >= 11 is 0. The molecule has 1 aliphatic carbocycles. The first-order valence-electron chi connectivity index (χ1n) is 6.21. The summed E-state index contributed by atoms with van der Waals surface area (Å²) in [6.45, 7) is 5.09. The molecule has 4 heteroatoms. The molecule has 1 amide bonds. The third-order valence-corrected chi connectivity index (χ3v) is 3.58. The SMILES string of the molecule is CC#CC(=O)NC1CC(OCC)C12CCCO2. The van der Waals surface area contributed by atoms with Crippen LogP contribution in [-0.2, 0) is 14.3 Å². The van der Waals surface area contributed by atoms with Crippen molar-refractivity contribution in [3.05, 3.63) is 0 Å². The largest absolute Gasteiger partial charge is 0.375 e. The molecule has 0 aromatic rings. The van der Waals surface area contributed by atoms with Gasteiger partial charge in [0, 0.05) is 13.2 Å². The van der Waals surface area contributed by atoms with Gasteiger partial charge in [0.05, 0.1) is 12.1 Å². The minimum absolute atomic E-state index is 0.0508. The first kappa shape index (κ1) is 12.4. The summed E-state index contributed by atoms with van der Waals surface area (Å²) < 4.78 is 11.5. The lowest BCUT2D eigenvalue weighted by Gasteiger charge is -2.52. The Kier molecular flexibility index (Phi) is 3.70. The number of amides is 1. The van der Waals surface area contributed by atoms with Crippen LogP contribution in [0.3, 0.4) is 0 Å². The molecule has 0 aromatic heterocycles. The Hall–Kier alpha value is -1.05. The highest BCUT2D eigenvalue weighted by Gasteiger charge is 2.59. The summed E-state index contributed by atoms with van der Waals surface area (Å²) in [5.74, 6) is 4.88. The van der Waals surface area contributed by atoms with E-state index in [1.807, 2.05) is 6.92 Å². The molecular weight excluding hydrogens is 218 g/mol. The molecule has 1 N–H and O–H groups in total. The van der Waals surface area contributed by atoms with Gasteiger partial charge >= 0.3 is 0 Å². The van der Waals surface area contributed by atoms with E-state index in [2.05, 4.69) is 17.2 Å². The van der Waals surface area contributed by atoms with Crippen LogP contribution in [0.2, 0.25) is 0 Å². The van der Waals surface area contributed by atoms with Gasteiger partial charge in [-0.25, -0.2) is 0 Å². The van der Waals surface area contributed by atoms with Gasteiger partial charge in [0.25, 0.3) is 5.91 Å². The average Bonchev–Trinajstić information content (AvgIpc) is 2.80. The van der Waals surface area contributed by atoms with Crippen LogP contribution in [0.4, 0.5) is 0 Å². The fourth-order valence-electron chi connectivity index (χ4n) is 2.79. The van der Waals surface area contributed by atoms with E-state index < -0.39 is 0 Å². The Balaban J connectivity index is 1.99. The topological polar surface area (TPSA) is 47.6 Å². The maximum absolute atomic E-state index is 11.5. The molecule has 2 fully saturated rings. The number of nitrogens with one attached hydrogen (secondary N) is 1. The molecular formula is C13H19NO3. The van der Waals surface area contributed by atoms with E-state index in [0.717, 1.165) is 25.9 Å². The van der Waals surface area contributed by atoms with Crippen molar-refractivity contribution in [1.29, 1.82) is 0 Å². The van der Waals surface area contributed by atoms with Crippen molar-refractivity contribution in [1.82, 2.24) is 5.32 Å². The Morgan fingerprint density at radius 2 is 2.47 bits per heavy atom. The fraction of sp³-hybridized carbons (Fsp3) is 0.769. The summed E-state index contributed by atoms with van der Waals surface area (Å²) in [4.78, 5) is 11.5.